The quantitative estimate of drug-likeness (QED) is 0.792. The zero-order valence-corrected chi connectivity index (χ0v) is 14.3. The van der Waals surface area contributed by atoms with E-state index in [1.54, 1.807) is 4.90 Å². The van der Waals surface area contributed by atoms with Gasteiger partial charge in [-0.3, -0.25) is 9.59 Å². The fourth-order valence-corrected chi connectivity index (χ4v) is 2.43. The van der Waals surface area contributed by atoms with Crippen LogP contribution in [0.3, 0.4) is 0 Å². The molecule has 0 spiro atoms. The van der Waals surface area contributed by atoms with Gasteiger partial charge in [-0.1, -0.05) is 15.9 Å². The van der Waals surface area contributed by atoms with Crippen molar-refractivity contribution in [3.05, 3.63) is 22.7 Å². The molecule has 0 saturated carbocycles. The summed E-state index contributed by atoms with van der Waals surface area (Å²) >= 11 is 3.38. The van der Waals surface area contributed by atoms with Crippen molar-refractivity contribution >= 4 is 33.4 Å². The molecular weight excluding hydrogens is 350 g/mol. The maximum Gasteiger partial charge on any atom is 0.265 e. The molecule has 7 heteroatoms. The van der Waals surface area contributed by atoms with Crippen molar-refractivity contribution in [2.75, 3.05) is 31.6 Å². The summed E-state index contributed by atoms with van der Waals surface area (Å²) in [6.07, 6.45) is 0.262. The van der Waals surface area contributed by atoms with Crippen molar-refractivity contribution < 1.29 is 14.3 Å². The van der Waals surface area contributed by atoms with E-state index in [9.17, 15) is 9.59 Å². The molecule has 1 aliphatic rings. The fraction of sp³-hybridized carbons (Fsp3) is 0.467. The highest BCUT2D eigenvalue weighted by Crippen LogP contribution is 2.34. The minimum Gasteiger partial charge on any atom is -0.482 e. The van der Waals surface area contributed by atoms with Crippen LogP contribution < -0.4 is 20.3 Å². The Bertz CT molecular complexity index is 565. The number of rotatable bonds is 6. The van der Waals surface area contributed by atoms with Gasteiger partial charge >= 0.3 is 0 Å². The summed E-state index contributed by atoms with van der Waals surface area (Å²) < 4.78 is 6.31. The Morgan fingerprint density at radius 1 is 1.50 bits per heavy atom. The molecule has 6 nitrogen and oxygen atoms in total. The highest BCUT2D eigenvalue weighted by molar-refractivity contribution is 9.10. The van der Waals surface area contributed by atoms with E-state index in [-0.39, 0.29) is 30.9 Å². The first-order valence-electron chi connectivity index (χ1n) is 7.18. The van der Waals surface area contributed by atoms with E-state index >= 15 is 0 Å². The summed E-state index contributed by atoms with van der Waals surface area (Å²) in [4.78, 5) is 25.5. The molecule has 1 aromatic carbocycles. The van der Waals surface area contributed by atoms with Gasteiger partial charge < -0.3 is 20.3 Å². The molecular formula is C15H20BrN3O3. The van der Waals surface area contributed by atoms with Gasteiger partial charge in [-0.2, -0.15) is 0 Å². The number of carbonyl (C=O) groups is 2. The van der Waals surface area contributed by atoms with Crippen LogP contribution in [0.25, 0.3) is 0 Å². The van der Waals surface area contributed by atoms with Crippen LogP contribution in [0.4, 0.5) is 5.69 Å². The van der Waals surface area contributed by atoms with Crippen molar-refractivity contribution in [1.29, 1.82) is 0 Å². The Hall–Kier alpha value is -1.60. The molecule has 22 heavy (non-hydrogen) atoms. The summed E-state index contributed by atoms with van der Waals surface area (Å²) in [7, 11) is 1.85. The molecule has 0 aliphatic carbocycles. The van der Waals surface area contributed by atoms with Crippen molar-refractivity contribution in [2.45, 2.75) is 19.4 Å². The first-order valence-corrected chi connectivity index (χ1v) is 7.97. The van der Waals surface area contributed by atoms with Gasteiger partial charge in [-0.15, -0.1) is 0 Å². The van der Waals surface area contributed by atoms with E-state index < -0.39 is 0 Å². The fourth-order valence-electron chi connectivity index (χ4n) is 2.09. The Labute approximate surface area is 138 Å². The molecule has 0 bridgehead atoms. The molecule has 0 fully saturated rings. The number of benzene rings is 1. The number of anilines is 1. The number of nitrogens with zero attached hydrogens (tertiary/aromatic N) is 1. The lowest BCUT2D eigenvalue weighted by Crippen LogP contribution is -2.42. The normalized spacial score (nSPS) is 15.0. The third-order valence-electron chi connectivity index (χ3n) is 3.53. The Kier molecular flexibility index (Phi) is 5.79. The smallest absolute Gasteiger partial charge is 0.265 e. The standard InChI is InChI=1S/C15H20BrN3O3/c1-10(17-2)8-18-14(20)5-6-19-12-4-3-11(16)7-13(12)22-9-15(19)21/h3-4,7,10,17H,5-6,8-9H2,1-2H3,(H,18,20). The van der Waals surface area contributed by atoms with Gasteiger partial charge in [0.15, 0.2) is 6.61 Å². The summed E-state index contributed by atoms with van der Waals surface area (Å²) in [5, 5.41) is 5.89. The van der Waals surface area contributed by atoms with E-state index in [0.29, 0.717) is 24.5 Å². The van der Waals surface area contributed by atoms with Gasteiger partial charge in [-0.25, -0.2) is 0 Å². The second-order valence-electron chi connectivity index (χ2n) is 5.19. The van der Waals surface area contributed by atoms with Gasteiger partial charge in [0.05, 0.1) is 5.69 Å². The third-order valence-corrected chi connectivity index (χ3v) is 4.02. The molecule has 0 aromatic heterocycles. The van der Waals surface area contributed by atoms with Crippen LogP contribution in [0.1, 0.15) is 13.3 Å². The van der Waals surface area contributed by atoms with E-state index in [2.05, 4.69) is 26.6 Å². The number of fused-ring (bicyclic) bond motifs is 1. The van der Waals surface area contributed by atoms with Crippen molar-refractivity contribution in [3.8, 4) is 5.75 Å². The molecule has 2 amide bonds. The van der Waals surface area contributed by atoms with Crippen LogP contribution in [0, 0.1) is 0 Å². The Morgan fingerprint density at radius 2 is 2.27 bits per heavy atom. The Morgan fingerprint density at radius 3 is 3.00 bits per heavy atom. The predicted molar refractivity (Wildman–Crippen MR) is 88.1 cm³/mol. The van der Waals surface area contributed by atoms with Gasteiger partial charge in [0.1, 0.15) is 5.75 Å². The first-order chi connectivity index (χ1) is 10.5. The monoisotopic (exact) mass is 369 g/mol. The molecule has 2 rings (SSSR count). The molecule has 1 heterocycles. The predicted octanol–water partition coefficient (Wildman–Crippen LogP) is 1.29. The van der Waals surface area contributed by atoms with Crippen LogP contribution in [-0.2, 0) is 9.59 Å². The average Bonchev–Trinajstić information content (AvgIpc) is 2.51. The second kappa shape index (κ2) is 7.60. The molecule has 1 atom stereocenters. The zero-order valence-electron chi connectivity index (χ0n) is 12.7. The van der Waals surface area contributed by atoms with Crippen molar-refractivity contribution in [3.63, 3.8) is 0 Å². The largest absolute Gasteiger partial charge is 0.482 e. The van der Waals surface area contributed by atoms with Crippen molar-refractivity contribution in [1.82, 2.24) is 10.6 Å². The second-order valence-corrected chi connectivity index (χ2v) is 6.11. The number of hydrogen-bond donors (Lipinski definition) is 2. The maximum atomic E-state index is 12.0. The minimum absolute atomic E-state index is 0.00185. The molecule has 2 N–H and O–H groups in total. The highest BCUT2D eigenvalue weighted by atomic mass is 79.9. The third kappa shape index (κ3) is 4.20. The number of amides is 2. The molecule has 0 radical (unpaired) electrons. The Balaban J connectivity index is 1.95. The minimum atomic E-state index is -0.133. The van der Waals surface area contributed by atoms with Gasteiger partial charge in [-0.05, 0) is 32.2 Å². The van der Waals surface area contributed by atoms with E-state index in [1.807, 2.05) is 32.2 Å². The van der Waals surface area contributed by atoms with Crippen LogP contribution >= 0.6 is 15.9 Å². The molecule has 1 unspecified atom stereocenters. The van der Waals surface area contributed by atoms with Crippen LogP contribution in [0.15, 0.2) is 22.7 Å². The summed E-state index contributed by atoms with van der Waals surface area (Å²) in [5.41, 5.74) is 0.704. The zero-order chi connectivity index (χ0) is 16.1. The topological polar surface area (TPSA) is 70.7 Å². The lowest BCUT2D eigenvalue weighted by Gasteiger charge is -2.29. The summed E-state index contributed by atoms with van der Waals surface area (Å²) in [6.45, 7) is 2.90. The van der Waals surface area contributed by atoms with Crippen LogP contribution in [-0.4, -0.2) is 44.6 Å². The molecule has 1 aliphatic heterocycles. The first kappa shape index (κ1) is 16.8. The van der Waals surface area contributed by atoms with Crippen LogP contribution in [0.5, 0.6) is 5.75 Å². The van der Waals surface area contributed by atoms with Gasteiger partial charge in [0, 0.05) is 30.0 Å². The SMILES string of the molecule is CNC(C)CNC(=O)CCN1C(=O)COc2cc(Br)ccc21. The maximum absolute atomic E-state index is 12.0. The average molecular weight is 370 g/mol. The number of ether oxygens (including phenoxy) is 1. The number of carbonyl (C=O) groups excluding carboxylic acids is 2. The molecule has 0 saturated heterocycles. The van der Waals surface area contributed by atoms with Gasteiger partial charge in [0.2, 0.25) is 5.91 Å². The number of hydrogen-bond acceptors (Lipinski definition) is 4. The lowest BCUT2D eigenvalue weighted by atomic mass is 10.2. The van der Waals surface area contributed by atoms with Crippen molar-refractivity contribution in [2.24, 2.45) is 0 Å². The van der Waals surface area contributed by atoms with E-state index in [1.165, 1.54) is 0 Å². The highest BCUT2D eigenvalue weighted by Gasteiger charge is 2.25. The van der Waals surface area contributed by atoms with Crippen LogP contribution in [0.2, 0.25) is 0 Å². The van der Waals surface area contributed by atoms with Gasteiger partial charge in [0.25, 0.3) is 5.91 Å². The lowest BCUT2D eigenvalue weighted by molar-refractivity contribution is -0.122. The number of halogens is 1. The number of nitrogens with one attached hydrogen (secondary N) is 2. The van der Waals surface area contributed by atoms with E-state index in [0.717, 1.165) is 4.47 Å². The molecule has 1 aromatic rings. The van der Waals surface area contributed by atoms with E-state index in [4.69, 9.17) is 4.74 Å². The summed E-state index contributed by atoms with van der Waals surface area (Å²) in [5.74, 6) is 0.449. The molecule has 120 valence electrons. The number of likely N-dealkylation sites (N-methyl/N-ethyl adjacent to an activating group) is 1. The summed E-state index contributed by atoms with van der Waals surface area (Å²) in [6, 6.07) is 5.70.